The van der Waals surface area contributed by atoms with Crippen molar-refractivity contribution < 1.29 is 9.90 Å². The summed E-state index contributed by atoms with van der Waals surface area (Å²) in [6, 6.07) is 3.31. The molecule has 0 aromatic carbocycles. The van der Waals surface area contributed by atoms with Crippen LogP contribution in [0.4, 0.5) is 0 Å². The molecule has 2 aromatic rings. The summed E-state index contributed by atoms with van der Waals surface area (Å²) in [6.07, 6.45) is 4.14. The molecule has 0 saturated carbocycles. The van der Waals surface area contributed by atoms with Gasteiger partial charge in [0.05, 0.1) is 11.0 Å². The molecule has 6 heteroatoms. The zero-order chi connectivity index (χ0) is 10.8. The monoisotopic (exact) mass is 222 g/mol. The molecule has 0 amide bonds. The number of rotatable bonds is 2. The number of carbonyl (C=O) groups is 1. The second-order valence-corrected chi connectivity index (χ2v) is 3.22. The summed E-state index contributed by atoms with van der Waals surface area (Å²) < 4.78 is 1.47. The van der Waals surface area contributed by atoms with E-state index in [4.69, 9.17) is 11.6 Å². The van der Waals surface area contributed by atoms with Gasteiger partial charge in [0.1, 0.15) is 17.8 Å². The topological polar surface area (TPSA) is 70.8 Å². The molecule has 0 unspecified atom stereocenters. The first kappa shape index (κ1) is 9.67. The van der Waals surface area contributed by atoms with Gasteiger partial charge in [0.15, 0.2) is 0 Å². The Morgan fingerprint density at radius 1 is 1.40 bits per heavy atom. The SMILES string of the molecule is O=C([O-])c1cn(-c2ccc(Cl)cn2)cn1. The van der Waals surface area contributed by atoms with Crippen LogP contribution in [-0.2, 0) is 0 Å². The highest BCUT2D eigenvalue weighted by atomic mass is 35.5. The van der Waals surface area contributed by atoms with E-state index >= 15 is 0 Å². The summed E-state index contributed by atoms with van der Waals surface area (Å²) in [5.74, 6) is -0.776. The maximum atomic E-state index is 10.5. The Balaban J connectivity index is 2.37. The number of carbonyl (C=O) groups excluding carboxylic acids is 1. The third-order valence-electron chi connectivity index (χ3n) is 1.77. The van der Waals surface area contributed by atoms with Gasteiger partial charge in [-0.2, -0.15) is 0 Å². The van der Waals surface area contributed by atoms with Crippen LogP contribution in [0.2, 0.25) is 5.02 Å². The molecule has 2 heterocycles. The lowest BCUT2D eigenvalue weighted by Gasteiger charge is -1.99. The highest BCUT2D eigenvalue weighted by Crippen LogP contribution is 2.10. The first-order valence-electron chi connectivity index (χ1n) is 4.04. The van der Waals surface area contributed by atoms with Crippen LogP contribution in [0.15, 0.2) is 30.9 Å². The van der Waals surface area contributed by atoms with E-state index in [0.717, 1.165) is 0 Å². The maximum Gasteiger partial charge on any atom is 0.137 e. The zero-order valence-electron chi connectivity index (χ0n) is 7.42. The van der Waals surface area contributed by atoms with Crippen LogP contribution < -0.4 is 5.11 Å². The van der Waals surface area contributed by atoms with E-state index in [1.54, 1.807) is 12.1 Å². The van der Waals surface area contributed by atoms with E-state index in [2.05, 4.69) is 9.97 Å². The number of hydrogen-bond donors (Lipinski definition) is 0. The number of aromatic carboxylic acids is 1. The van der Waals surface area contributed by atoms with Crippen molar-refractivity contribution in [1.82, 2.24) is 14.5 Å². The number of hydrogen-bond acceptors (Lipinski definition) is 4. The summed E-state index contributed by atoms with van der Waals surface area (Å²) in [5.41, 5.74) is -0.133. The highest BCUT2D eigenvalue weighted by molar-refractivity contribution is 6.30. The number of aromatic nitrogens is 3. The summed E-state index contributed by atoms with van der Waals surface area (Å²) in [7, 11) is 0. The minimum Gasteiger partial charge on any atom is -0.543 e. The minimum absolute atomic E-state index is 0.133. The second kappa shape index (κ2) is 3.70. The van der Waals surface area contributed by atoms with Crippen LogP contribution in [-0.4, -0.2) is 20.5 Å². The van der Waals surface area contributed by atoms with Gasteiger partial charge >= 0.3 is 0 Å². The summed E-state index contributed by atoms with van der Waals surface area (Å²) in [5, 5.41) is 11.0. The fourth-order valence-corrected chi connectivity index (χ4v) is 1.19. The van der Waals surface area contributed by atoms with Crippen LogP contribution in [0.1, 0.15) is 10.5 Å². The Labute approximate surface area is 90.0 Å². The molecule has 15 heavy (non-hydrogen) atoms. The van der Waals surface area contributed by atoms with Crippen molar-refractivity contribution in [3.05, 3.63) is 41.6 Å². The van der Waals surface area contributed by atoms with Gasteiger partial charge < -0.3 is 9.90 Å². The average molecular weight is 223 g/mol. The Morgan fingerprint density at radius 3 is 2.73 bits per heavy atom. The van der Waals surface area contributed by atoms with Gasteiger partial charge in [0, 0.05) is 12.4 Å². The molecular weight excluding hydrogens is 218 g/mol. The molecule has 0 fully saturated rings. The van der Waals surface area contributed by atoms with Crippen molar-refractivity contribution in [3.8, 4) is 5.82 Å². The average Bonchev–Trinajstić information content (AvgIpc) is 2.68. The molecule has 0 N–H and O–H groups in total. The van der Waals surface area contributed by atoms with Gasteiger partial charge in [-0.15, -0.1) is 0 Å². The molecule has 0 bridgehead atoms. The first-order valence-corrected chi connectivity index (χ1v) is 4.42. The van der Waals surface area contributed by atoms with Gasteiger partial charge in [0.2, 0.25) is 0 Å². The van der Waals surface area contributed by atoms with Crippen molar-refractivity contribution in [2.24, 2.45) is 0 Å². The molecule has 2 rings (SSSR count). The van der Waals surface area contributed by atoms with Crippen LogP contribution >= 0.6 is 11.6 Å². The first-order chi connectivity index (χ1) is 7.16. The predicted octanol–water partition coefficient (Wildman–Crippen LogP) is 0.284. The third kappa shape index (κ3) is 1.97. The van der Waals surface area contributed by atoms with Crippen molar-refractivity contribution >= 4 is 17.6 Å². The number of carboxylic acid groups (broad SMARTS) is 1. The third-order valence-corrected chi connectivity index (χ3v) is 1.99. The van der Waals surface area contributed by atoms with Gasteiger partial charge in [-0.3, -0.25) is 4.57 Å². The molecule has 0 atom stereocenters. The quantitative estimate of drug-likeness (QED) is 0.732. The fraction of sp³-hybridized carbons (Fsp3) is 0. The highest BCUT2D eigenvalue weighted by Gasteiger charge is 2.01. The molecule has 76 valence electrons. The standard InChI is InChI=1S/C9H6ClN3O2/c10-6-1-2-8(11-3-6)13-4-7(9(14)15)12-5-13/h1-5H,(H,14,15)/p-1. The maximum absolute atomic E-state index is 10.5. The van der Waals surface area contributed by atoms with Crippen molar-refractivity contribution in [3.63, 3.8) is 0 Å². The summed E-state index contributed by atoms with van der Waals surface area (Å²) >= 11 is 5.66. The van der Waals surface area contributed by atoms with Crippen LogP contribution in [0.5, 0.6) is 0 Å². The van der Waals surface area contributed by atoms with Crippen molar-refractivity contribution in [2.75, 3.05) is 0 Å². The number of pyridine rings is 1. The van der Waals surface area contributed by atoms with Crippen molar-refractivity contribution in [1.29, 1.82) is 0 Å². The molecule has 0 radical (unpaired) electrons. The number of halogens is 1. The van der Waals surface area contributed by atoms with E-state index in [-0.39, 0.29) is 5.69 Å². The summed E-state index contributed by atoms with van der Waals surface area (Å²) in [6.45, 7) is 0. The molecule has 0 spiro atoms. The van der Waals surface area contributed by atoms with Crippen LogP contribution in [0.3, 0.4) is 0 Å². The van der Waals surface area contributed by atoms with E-state index in [1.807, 2.05) is 0 Å². The normalized spacial score (nSPS) is 10.2. The van der Waals surface area contributed by atoms with E-state index in [0.29, 0.717) is 10.8 Å². The Bertz CT molecular complexity index is 492. The molecule has 0 aliphatic carbocycles. The van der Waals surface area contributed by atoms with Gasteiger partial charge in [-0.1, -0.05) is 11.6 Å². The van der Waals surface area contributed by atoms with E-state index in [9.17, 15) is 9.90 Å². The number of carboxylic acids is 1. The molecule has 0 saturated heterocycles. The minimum atomic E-state index is -1.32. The summed E-state index contributed by atoms with van der Waals surface area (Å²) in [4.78, 5) is 18.1. The Morgan fingerprint density at radius 2 is 2.20 bits per heavy atom. The van der Waals surface area contributed by atoms with E-state index < -0.39 is 5.97 Å². The number of nitrogens with zero attached hydrogens (tertiary/aromatic N) is 3. The fourth-order valence-electron chi connectivity index (χ4n) is 1.07. The smallest absolute Gasteiger partial charge is 0.137 e. The largest absolute Gasteiger partial charge is 0.543 e. The lowest BCUT2D eigenvalue weighted by atomic mass is 10.4. The molecule has 0 aliphatic heterocycles. The molecular formula is C9H5ClN3O2-. The van der Waals surface area contributed by atoms with Crippen molar-refractivity contribution in [2.45, 2.75) is 0 Å². The second-order valence-electron chi connectivity index (χ2n) is 2.79. The predicted molar refractivity (Wildman–Crippen MR) is 50.7 cm³/mol. The van der Waals surface area contributed by atoms with Crippen LogP contribution in [0, 0.1) is 0 Å². The molecule has 5 nitrogen and oxygen atoms in total. The lowest BCUT2D eigenvalue weighted by molar-refractivity contribution is -0.255. The van der Waals surface area contributed by atoms with Gasteiger partial charge in [0.25, 0.3) is 0 Å². The van der Waals surface area contributed by atoms with Gasteiger partial charge in [-0.25, -0.2) is 9.97 Å². The van der Waals surface area contributed by atoms with E-state index in [1.165, 1.54) is 23.3 Å². The molecule has 2 aromatic heterocycles. The lowest BCUT2D eigenvalue weighted by Crippen LogP contribution is -2.22. The molecule has 0 aliphatic rings. The van der Waals surface area contributed by atoms with Gasteiger partial charge in [-0.05, 0) is 12.1 Å². The zero-order valence-corrected chi connectivity index (χ0v) is 8.18. The van der Waals surface area contributed by atoms with Crippen LogP contribution in [0.25, 0.3) is 5.82 Å². The number of imidazole rings is 1. The Kier molecular flexibility index (Phi) is 2.39. The Hall–Kier alpha value is -1.88.